The Labute approximate surface area is 93.7 Å². The van der Waals surface area contributed by atoms with Crippen LogP contribution >= 0.6 is 24.0 Å². The molecular formula is C8H16N4S2. The van der Waals surface area contributed by atoms with Crippen LogP contribution in [0.25, 0.3) is 0 Å². The van der Waals surface area contributed by atoms with E-state index in [4.69, 9.17) is 12.2 Å². The predicted molar refractivity (Wildman–Crippen MR) is 64.6 cm³/mol. The van der Waals surface area contributed by atoms with E-state index in [1.807, 2.05) is 30.4 Å². The molecule has 0 saturated carbocycles. The molecule has 0 fully saturated rings. The van der Waals surface area contributed by atoms with E-state index in [1.165, 1.54) is 0 Å². The predicted octanol–water partition coefficient (Wildman–Crippen LogP) is 1.67. The molecule has 1 unspecified atom stereocenters. The van der Waals surface area contributed by atoms with Gasteiger partial charge in [0.2, 0.25) is 5.95 Å². The van der Waals surface area contributed by atoms with E-state index >= 15 is 0 Å². The van der Waals surface area contributed by atoms with Gasteiger partial charge in [-0.3, -0.25) is 4.57 Å². The molecule has 80 valence electrons. The van der Waals surface area contributed by atoms with Crippen molar-refractivity contribution in [2.45, 2.75) is 13.0 Å². The van der Waals surface area contributed by atoms with E-state index in [-0.39, 0.29) is 0 Å². The maximum atomic E-state index is 5.06. The molecule has 0 bridgehead atoms. The summed E-state index contributed by atoms with van der Waals surface area (Å²) in [5.41, 5.74) is 0. The Morgan fingerprint density at radius 1 is 1.71 bits per heavy atom. The lowest BCUT2D eigenvalue weighted by Crippen LogP contribution is -2.32. The van der Waals surface area contributed by atoms with Crippen LogP contribution in [-0.2, 0) is 7.05 Å². The summed E-state index contributed by atoms with van der Waals surface area (Å²) in [6, 6.07) is 0.453. The largest absolute Gasteiger partial charge is 0.340 e. The van der Waals surface area contributed by atoms with Crippen LogP contribution in [0.15, 0.2) is 0 Å². The SMILES string of the molecule is CSCC(C)N(C)c1n[nH]c(=S)n1C. The second kappa shape index (κ2) is 4.84. The summed E-state index contributed by atoms with van der Waals surface area (Å²) < 4.78 is 2.54. The summed E-state index contributed by atoms with van der Waals surface area (Å²) in [6.07, 6.45) is 2.10. The number of aromatic amines is 1. The molecule has 0 aliphatic carbocycles. The lowest BCUT2D eigenvalue weighted by Gasteiger charge is -2.24. The van der Waals surface area contributed by atoms with Gasteiger partial charge in [-0.2, -0.15) is 11.8 Å². The second-order valence-corrected chi connectivity index (χ2v) is 4.60. The van der Waals surface area contributed by atoms with Crippen molar-refractivity contribution < 1.29 is 0 Å². The van der Waals surface area contributed by atoms with Gasteiger partial charge in [0, 0.05) is 25.9 Å². The Morgan fingerprint density at radius 3 is 2.79 bits per heavy atom. The van der Waals surface area contributed by atoms with Gasteiger partial charge in [-0.05, 0) is 25.4 Å². The summed E-state index contributed by atoms with van der Waals surface area (Å²) in [5.74, 6) is 1.97. The minimum absolute atomic E-state index is 0.453. The quantitative estimate of drug-likeness (QED) is 0.801. The number of nitrogens with zero attached hydrogens (tertiary/aromatic N) is 3. The molecule has 0 spiro atoms. The smallest absolute Gasteiger partial charge is 0.225 e. The molecule has 14 heavy (non-hydrogen) atoms. The van der Waals surface area contributed by atoms with Gasteiger partial charge in [0.05, 0.1) is 0 Å². The summed E-state index contributed by atoms with van der Waals surface area (Å²) in [6.45, 7) is 2.17. The van der Waals surface area contributed by atoms with Gasteiger partial charge in [0.1, 0.15) is 0 Å². The Bertz CT molecular complexity index is 343. The van der Waals surface area contributed by atoms with Gasteiger partial charge < -0.3 is 4.90 Å². The molecule has 0 aromatic carbocycles. The molecular weight excluding hydrogens is 216 g/mol. The summed E-state index contributed by atoms with van der Waals surface area (Å²) >= 11 is 6.89. The van der Waals surface area contributed by atoms with E-state index in [0.717, 1.165) is 11.7 Å². The molecule has 0 saturated heterocycles. The van der Waals surface area contributed by atoms with E-state index < -0.39 is 0 Å². The van der Waals surface area contributed by atoms with Crippen molar-refractivity contribution in [3.63, 3.8) is 0 Å². The number of hydrogen-bond donors (Lipinski definition) is 1. The molecule has 0 aliphatic rings. The van der Waals surface area contributed by atoms with Crippen molar-refractivity contribution in [3.05, 3.63) is 4.77 Å². The monoisotopic (exact) mass is 232 g/mol. The van der Waals surface area contributed by atoms with Crippen LogP contribution in [0.4, 0.5) is 5.95 Å². The fraction of sp³-hybridized carbons (Fsp3) is 0.750. The highest BCUT2D eigenvalue weighted by Gasteiger charge is 2.13. The molecule has 1 aromatic heterocycles. The average Bonchev–Trinajstić information content (AvgIpc) is 2.47. The second-order valence-electron chi connectivity index (χ2n) is 3.30. The lowest BCUT2D eigenvalue weighted by molar-refractivity contribution is 0.712. The fourth-order valence-corrected chi connectivity index (χ4v) is 2.04. The zero-order valence-corrected chi connectivity index (χ0v) is 10.6. The van der Waals surface area contributed by atoms with Gasteiger partial charge in [-0.1, -0.05) is 0 Å². The summed E-state index contributed by atoms with van der Waals surface area (Å²) in [7, 11) is 3.95. The maximum Gasteiger partial charge on any atom is 0.225 e. The van der Waals surface area contributed by atoms with Gasteiger partial charge in [0.15, 0.2) is 4.77 Å². The first-order valence-electron chi connectivity index (χ1n) is 4.41. The first kappa shape index (κ1) is 11.6. The standard InChI is InChI=1S/C8H16N4S2/c1-6(5-14-4)11(2)7-9-10-8(13)12(7)3/h6H,5H2,1-4H3,(H,10,13). The molecule has 4 nitrogen and oxygen atoms in total. The zero-order valence-electron chi connectivity index (χ0n) is 8.94. The molecule has 0 radical (unpaired) electrons. The average molecular weight is 232 g/mol. The highest BCUT2D eigenvalue weighted by molar-refractivity contribution is 7.98. The van der Waals surface area contributed by atoms with Crippen molar-refractivity contribution >= 4 is 29.9 Å². The van der Waals surface area contributed by atoms with Gasteiger partial charge in [0.25, 0.3) is 0 Å². The Balaban J connectivity index is 2.83. The summed E-state index contributed by atoms with van der Waals surface area (Å²) in [5, 5.41) is 6.96. The normalized spacial score (nSPS) is 12.9. The molecule has 0 aliphatic heterocycles. The molecule has 1 aromatic rings. The van der Waals surface area contributed by atoms with Crippen LogP contribution in [0.1, 0.15) is 6.92 Å². The van der Waals surface area contributed by atoms with Gasteiger partial charge >= 0.3 is 0 Å². The van der Waals surface area contributed by atoms with Crippen molar-refractivity contribution in [3.8, 4) is 0 Å². The third-order valence-electron chi connectivity index (χ3n) is 2.24. The van der Waals surface area contributed by atoms with Crippen molar-refractivity contribution in [2.24, 2.45) is 7.05 Å². The van der Waals surface area contributed by atoms with E-state index in [9.17, 15) is 0 Å². The van der Waals surface area contributed by atoms with Gasteiger partial charge in [-0.25, -0.2) is 5.10 Å². The topological polar surface area (TPSA) is 36.9 Å². The van der Waals surface area contributed by atoms with Gasteiger partial charge in [-0.15, -0.1) is 5.10 Å². The highest BCUT2D eigenvalue weighted by atomic mass is 32.2. The van der Waals surface area contributed by atoms with Crippen LogP contribution in [-0.4, -0.2) is 39.9 Å². The Kier molecular flexibility index (Phi) is 4.00. The first-order valence-corrected chi connectivity index (χ1v) is 6.21. The van der Waals surface area contributed by atoms with Crippen LogP contribution < -0.4 is 4.90 Å². The molecule has 1 atom stereocenters. The van der Waals surface area contributed by atoms with E-state index in [0.29, 0.717) is 10.8 Å². The van der Waals surface area contributed by atoms with E-state index in [1.54, 1.807) is 0 Å². The molecule has 1 rings (SSSR count). The number of H-pyrrole nitrogens is 1. The number of thioether (sulfide) groups is 1. The lowest BCUT2D eigenvalue weighted by atomic mass is 10.3. The minimum atomic E-state index is 0.453. The molecule has 1 N–H and O–H groups in total. The maximum absolute atomic E-state index is 5.06. The Hall–Kier alpha value is -0.490. The molecule has 0 amide bonds. The van der Waals surface area contributed by atoms with Crippen LogP contribution in [0, 0.1) is 4.77 Å². The highest BCUT2D eigenvalue weighted by Crippen LogP contribution is 2.12. The fourth-order valence-electron chi connectivity index (χ4n) is 1.20. The third-order valence-corrected chi connectivity index (χ3v) is 3.42. The van der Waals surface area contributed by atoms with E-state index in [2.05, 4.69) is 28.3 Å². The Morgan fingerprint density at radius 2 is 2.36 bits per heavy atom. The number of nitrogens with one attached hydrogen (secondary N) is 1. The van der Waals surface area contributed by atoms with Crippen molar-refractivity contribution in [1.82, 2.24) is 14.8 Å². The first-order chi connectivity index (χ1) is 6.57. The number of hydrogen-bond acceptors (Lipinski definition) is 4. The molecule has 6 heteroatoms. The van der Waals surface area contributed by atoms with Crippen molar-refractivity contribution in [2.75, 3.05) is 24.0 Å². The summed E-state index contributed by atoms with van der Waals surface area (Å²) in [4.78, 5) is 2.13. The zero-order chi connectivity index (χ0) is 10.7. The number of anilines is 1. The third kappa shape index (κ3) is 2.30. The van der Waals surface area contributed by atoms with Crippen LogP contribution in [0.5, 0.6) is 0 Å². The number of aromatic nitrogens is 3. The number of rotatable bonds is 4. The van der Waals surface area contributed by atoms with Crippen LogP contribution in [0.3, 0.4) is 0 Å². The van der Waals surface area contributed by atoms with Crippen molar-refractivity contribution in [1.29, 1.82) is 0 Å². The van der Waals surface area contributed by atoms with Crippen LogP contribution in [0.2, 0.25) is 0 Å². The molecule has 1 heterocycles. The minimum Gasteiger partial charge on any atom is -0.340 e.